The Balaban J connectivity index is 1.50. The van der Waals surface area contributed by atoms with Crippen molar-refractivity contribution in [1.29, 1.82) is 0 Å². The second-order valence-corrected chi connectivity index (χ2v) is 8.64. The molecule has 0 aliphatic carbocycles. The lowest BCUT2D eigenvalue weighted by Gasteiger charge is -2.25. The van der Waals surface area contributed by atoms with Crippen LogP contribution >= 0.6 is 0 Å². The van der Waals surface area contributed by atoms with E-state index in [4.69, 9.17) is 0 Å². The molecule has 180 valence electrons. The maximum absolute atomic E-state index is 13.5. The number of aryl methyl sites for hydroxylation is 1. The number of amides is 1. The summed E-state index contributed by atoms with van der Waals surface area (Å²) in [6.07, 6.45) is 11.3. The molecule has 3 aromatic heterocycles. The summed E-state index contributed by atoms with van der Waals surface area (Å²) in [6.45, 7) is 2.17. The summed E-state index contributed by atoms with van der Waals surface area (Å²) < 4.78 is 0. The number of rotatable bonds is 8. The fourth-order valence-electron chi connectivity index (χ4n) is 4.27. The van der Waals surface area contributed by atoms with E-state index in [1.165, 1.54) is 11.8 Å². The van der Waals surface area contributed by atoms with Gasteiger partial charge in [-0.05, 0) is 36.6 Å². The van der Waals surface area contributed by atoms with Gasteiger partial charge in [-0.3, -0.25) is 9.78 Å². The van der Waals surface area contributed by atoms with Gasteiger partial charge >= 0.3 is 0 Å². The second kappa shape index (κ2) is 10.1. The molecule has 0 bridgehead atoms. The van der Waals surface area contributed by atoms with E-state index in [9.17, 15) is 9.90 Å². The molecule has 5 rings (SSSR count). The number of hydrogen-bond acceptors (Lipinski definition) is 6. The Labute approximate surface area is 208 Å². The highest BCUT2D eigenvalue weighted by atomic mass is 16.3. The Kier molecular flexibility index (Phi) is 6.51. The van der Waals surface area contributed by atoms with E-state index in [1.54, 1.807) is 49.1 Å². The van der Waals surface area contributed by atoms with Crippen molar-refractivity contribution in [2.45, 2.75) is 31.8 Å². The normalized spacial score (nSPS) is 12.8. The lowest BCUT2D eigenvalue weighted by molar-refractivity contribution is -0.131. The predicted molar refractivity (Wildman–Crippen MR) is 138 cm³/mol. The average Bonchev–Trinajstić information content (AvgIpc) is 3.47. The highest BCUT2D eigenvalue weighted by Gasteiger charge is 2.42. The second-order valence-electron chi connectivity index (χ2n) is 8.64. The number of imidazole rings is 1. The maximum atomic E-state index is 13.5. The smallest absolute Gasteiger partial charge is 0.269 e. The molecule has 8 heteroatoms. The van der Waals surface area contributed by atoms with Crippen LogP contribution in [0.3, 0.4) is 0 Å². The summed E-state index contributed by atoms with van der Waals surface area (Å²) in [6, 6.07) is 16.7. The third-order valence-electron chi connectivity index (χ3n) is 6.19. The summed E-state index contributed by atoms with van der Waals surface area (Å²) in [5.74, 6) is -0.526. The topological polar surface area (TPSA) is 117 Å². The molecule has 1 atom stereocenters. The number of aliphatic hydroxyl groups is 1. The van der Waals surface area contributed by atoms with E-state index in [0.717, 1.165) is 41.3 Å². The van der Waals surface area contributed by atoms with Gasteiger partial charge in [-0.2, -0.15) is 10.2 Å². The Morgan fingerprint density at radius 1 is 1.08 bits per heavy atom. The van der Waals surface area contributed by atoms with Gasteiger partial charge in [-0.15, -0.1) is 0 Å². The van der Waals surface area contributed by atoms with E-state index < -0.39 is 11.5 Å². The standard InChI is InChI=1S/C28H26N6O2/c1-2-3-7-19-10-11-25-23(14-19)24(18-32-34-25)20-15-22(17-29-16-20)33-27(35)28(36,26-30-12-13-31-26)21-8-5-4-6-9-21/h4-6,8-18,36H,2-3,7H2,1H3,(H,30,31)(H,33,35)/t28-/m1/s1. The van der Waals surface area contributed by atoms with Crippen LogP contribution in [0.2, 0.25) is 0 Å². The Morgan fingerprint density at radius 3 is 2.72 bits per heavy atom. The van der Waals surface area contributed by atoms with E-state index in [2.05, 4.69) is 49.5 Å². The number of fused-ring (bicyclic) bond motifs is 1. The van der Waals surface area contributed by atoms with E-state index in [1.807, 2.05) is 18.2 Å². The lowest BCUT2D eigenvalue weighted by Crippen LogP contribution is -2.42. The highest BCUT2D eigenvalue weighted by molar-refractivity contribution is 6.00. The Hall–Kier alpha value is -4.43. The van der Waals surface area contributed by atoms with Gasteiger partial charge in [0.2, 0.25) is 5.60 Å². The van der Waals surface area contributed by atoms with Crippen LogP contribution < -0.4 is 5.32 Å². The molecule has 0 aliphatic heterocycles. The number of aromatic nitrogens is 5. The Morgan fingerprint density at radius 2 is 1.94 bits per heavy atom. The number of H-pyrrole nitrogens is 1. The molecule has 2 aromatic carbocycles. The van der Waals surface area contributed by atoms with Crippen molar-refractivity contribution >= 4 is 22.5 Å². The van der Waals surface area contributed by atoms with Gasteiger partial charge in [-0.1, -0.05) is 49.7 Å². The zero-order chi connectivity index (χ0) is 25.0. The van der Waals surface area contributed by atoms with Crippen molar-refractivity contribution in [2.24, 2.45) is 0 Å². The number of anilines is 1. The highest BCUT2D eigenvalue weighted by Crippen LogP contribution is 2.31. The first kappa shape index (κ1) is 23.3. The molecule has 0 spiro atoms. The predicted octanol–water partition coefficient (Wildman–Crippen LogP) is 4.63. The molecule has 0 radical (unpaired) electrons. The van der Waals surface area contributed by atoms with Gasteiger partial charge in [0.05, 0.1) is 23.6 Å². The summed E-state index contributed by atoms with van der Waals surface area (Å²) in [5.41, 5.74) is 2.49. The van der Waals surface area contributed by atoms with Gasteiger partial charge in [0.25, 0.3) is 5.91 Å². The van der Waals surface area contributed by atoms with Crippen LogP contribution in [-0.4, -0.2) is 36.2 Å². The number of unbranched alkanes of at least 4 members (excludes halogenated alkanes) is 1. The van der Waals surface area contributed by atoms with Crippen molar-refractivity contribution in [3.63, 3.8) is 0 Å². The summed E-state index contributed by atoms with van der Waals surface area (Å²) in [5, 5.41) is 23.8. The molecule has 36 heavy (non-hydrogen) atoms. The average molecular weight is 479 g/mol. The molecular formula is C28H26N6O2. The molecule has 0 fully saturated rings. The van der Waals surface area contributed by atoms with Gasteiger partial charge < -0.3 is 15.4 Å². The summed E-state index contributed by atoms with van der Waals surface area (Å²) >= 11 is 0. The first-order valence-electron chi connectivity index (χ1n) is 11.9. The summed E-state index contributed by atoms with van der Waals surface area (Å²) in [7, 11) is 0. The number of carbonyl (C=O) groups excluding carboxylic acids is 1. The largest absolute Gasteiger partial charge is 0.369 e. The van der Waals surface area contributed by atoms with Crippen LogP contribution in [0, 0.1) is 0 Å². The molecule has 3 N–H and O–H groups in total. The SMILES string of the molecule is CCCCc1ccc2nncc(-c3cncc(NC(=O)[C@@](O)(c4ccccc4)c4ncc[nH]4)c3)c2c1. The first-order chi connectivity index (χ1) is 17.6. The van der Waals surface area contributed by atoms with E-state index >= 15 is 0 Å². The molecule has 8 nitrogen and oxygen atoms in total. The monoisotopic (exact) mass is 478 g/mol. The molecule has 0 saturated heterocycles. The van der Waals surface area contributed by atoms with Crippen LogP contribution in [0.15, 0.2) is 85.6 Å². The number of aromatic amines is 1. The zero-order valence-electron chi connectivity index (χ0n) is 19.8. The third kappa shape index (κ3) is 4.46. The maximum Gasteiger partial charge on any atom is 0.269 e. The Bertz CT molecular complexity index is 1490. The van der Waals surface area contributed by atoms with Crippen LogP contribution in [0.25, 0.3) is 22.0 Å². The van der Waals surface area contributed by atoms with Gasteiger partial charge in [0.15, 0.2) is 5.82 Å². The van der Waals surface area contributed by atoms with Crippen molar-refractivity contribution in [2.75, 3.05) is 5.32 Å². The van der Waals surface area contributed by atoms with Crippen molar-refractivity contribution in [3.05, 3.63) is 103 Å². The quantitative estimate of drug-likeness (QED) is 0.299. The molecule has 0 aliphatic rings. The number of carbonyl (C=O) groups is 1. The van der Waals surface area contributed by atoms with Crippen molar-refractivity contribution in [3.8, 4) is 11.1 Å². The molecule has 0 saturated carbocycles. The molecule has 1 amide bonds. The lowest BCUT2D eigenvalue weighted by atomic mass is 9.91. The summed E-state index contributed by atoms with van der Waals surface area (Å²) in [4.78, 5) is 24.8. The minimum Gasteiger partial charge on any atom is -0.369 e. The van der Waals surface area contributed by atoms with Gasteiger partial charge in [0.1, 0.15) is 0 Å². The minimum absolute atomic E-state index is 0.124. The fraction of sp³-hybridized carbons (Fsp3) is 0.179. The van der Waals surface area contributed by atoms with Gasteiger partial charge in [-0.25, -0.2) is 4.98 Å². The number of benzene rings is 2. The number of hydrogen-bond donors (Lipinski definition) is 3. The molecule has 5 aromatic rings. The minimum atomic E-state index is -2.01. The van der Waals surface area contributed by atoms with Crippen LogP contribution in [0.4, 0.5) is 5.69 Å². The third-order valence-corrected chi connectivity index (χ3v) is 6.19. The molecule has 3 heterocycles. The van der Waals surface area contributed by atoms with Crippen LogP contribution in [0.1, 0.15) is 36.7 Å². The zero-order valence-corrected chi connectivity index (χ0v) is 19.8. The van der Waals surface area contributed by atoms with Crippen LogP contribution in [-0.2, 0) is 16.8 Å². The first-order valence-corrected chi connectivity index (χ1v) is 11.9. The van der Waals surface area contributed by atoms with Crippen LogP contribution in [0.5, 0.6) is 0 Å². The number of nitrogens with one attached hydrogen (secondary N) is 2. The van der Waals surface area contributed by atoms with Gasteiger partial charge in [0, 0.05) is 40.7 Å². The van der Waals surface area contributed by atoms with Crippen molar-refractivity contribution in [1.82, 2.24) is 25.1 Å². The van der Waals surface area contributed by atoms with E-state index in [-0.39, 0.29) is 5.82 Å². The molecular weight excluding hydrogens is 452 g/mol. The number of nitrogens with zero attached hydrogens (tertiary/aromatic N) is 4. The molecule has 0 unspecified atom stereocenters. The number of pyridine rings is 1. The van der Waals surface area contributed by atoms with Crippen molar-refractivity contribution < 1.29 is 9.90 Å². The fourth-order valence-corrected chi connectivity index (χ4v) is 4.27. The van der Waals surface area contributed by atoms with E-state index in [0.29, 0.717) is 11.3 Å².